The highest BCUT2D eigenvalue weighted by Gasteiger charge is 2.14. The fourth-order valence-corrected chi connectivity index (χ4v) is 2.08. The molecule has 0 spiro atoms. The van der Waals surface area contributed by atoms with E-state index in [4.69, 9.17) is 0 Å². The van der Waals surface area contributed by atoms with E-state index in [9.17, 15) is 19.4 Å². The van der Waals surface area contributed by atoms with Crippen molar-refractivity contribution < 1.29 is 19.4 Å². The molecule has 0 bridgehead atoms. The van der Waals surface area contributed by atoms with Crippen LogP contribution in [-0.4, -0.2) is 28.8 Å². The maximum Gasteiger partial charge on any atom is 0.251 e. The summed E-state index contributed by atoms with van der Waals surface area (Å²) >= 11 is 0. The first kappa shape index (κ1) is 16.0. The van der Waals surface area contributed by atoms with Gasteiger partial charge < -0.3 is 15.5 Å². The third-order valence-corrected chi connectivity index (χ3v) is 3.41. The summed E-state index contributed by atoms with van der Waals surface area (Å²) in [5.41, 5.74) is 1.55. The van der Waals surface area contributed by atoms with Gasteiger partial charge in [0.05, 0.1) is 12.6 Å². The van der Waals surface area contributed by atoms with Crippen LogP contribution in [-0.2, 0) is 6.42 Å². The SMILES string of the molecule is Cc1ccc(C(=O)N[C@H](CO)Cc2ccc(O)cc2)cc1F. The van der Waals surface area contributed by atoms with Crippen LogP contribution < -0.4 is 5.32 Å². The zero-order chi connectivity index (χ0) is 16.1. The van der Waals surface area contributed by atoms with Crippen molar-refractivity contribution in [3.05, 3.63) is 65.0 Å². The van der Waals surface area contributed by atoms with Gasteiger partial charge in [0, 0.05) is 5.56 Å². The highest BCUT2D eigenvalue weighted by atomic mass is 19.1. The Morgan fingerprint density at radius 3 is 2.50 bits per heavy atom. The molecule has 0 aromatic heterocycles. The predicted octanol–water partition coefficient (Wildman–Crippen LogP) is 2.17. The number of rotatable bonds is 5. The first-order chi connectivity index (χ1) is 10.5. The number of aliphatic hydroxyl groups excluding tert-OH is 1. The highest BCUT2D eigenvalue weighted by molar-refractivity contribution is 5.94. The summed E-state index contributed by atoms with van der Waals surface area (Å²) in [5.74, 6) is -0.716. The van der Waals surface area contributed by atoms with Crippen molar-refractivity contribution in [2.24, 2.45) is 0 Å². The van der Waals surface area contributed by atoms with Crippen molar-refractivity contribution >= 4 is 5.91 Å². The first-order valence-corrected chi connectivity index (χ1v) is 6.95. The maximum absolute atomic E-state index is 13.5. The number of aromatic hydroxyl groups is 1. The molecule has 0 aliphatic carbocycles. The number of hydrogen-bond acceptors (Lipinski definition) is 3. The van der Waals surface area contributed by atoms with Crippen molar-refractivity contribution in [3.63, 3.8) is 0 Å². The number of carbonyl (C=O) groups is 1. The molecule has 2 rings (SSSR count). The van der Waals surface area contributed by atoms with Crippen LogP contribution in [0.2, 0.25) is 0 Å². The first-order valence-electron chi connectivity index (χ1n) is 6.95. The van der Waals surface area contributed by atoms with E-state index in [-0.39, 0.29) is 17.9 Å². The Labute approximate surface area is 128 Å². The largest absolute Gasteiger partial charge is 0.508 e. The molecule has 5 heteroatoms. The van der Waals surface area contributed by atoms with Crippen LogP contribution in [0.1, 0.15) is 21.5 Å². The van der Waals surface area contributed by atoms with Crippen molar-refractivity contribution in [3.8, 4) is 5.75 Å². The lowest BCUT2D eigenvalue weighted by Crippen LogP contribution is -2.39. The van der Waals surface area contributed by atoms with Gasteiger partial charge in [0.25, 0.3) is 5.91 Å². The Hall–Kier alpha value is -2.40. The number of aliphatic hydroxyl groups is 1. The van der Waals surface area contributed by atoms with Gasteiger partial charge in [-0.05, 0) is 48.7 Å². The van der Waals surface area contributed by atoms with Crippen LogP contribution in [0, 0.1) is 12.7 Å². The molecule has 1 amide bonds. The molecule has 0 aliphatic rings. The fourth-order valence-electron chi connectivity index (χ4n) is 2.08. The molecule has 0 heterocycles. The lowest BCUT2D eigenvalue weighted by Gasteiger charge is -2.16. The molecule has 4 nitrogen and oxygen atoms in total. The van der Waals surface area contributed by atoms with E-state index in [1.807, 2.05) is 0 Å². The van der Waals surface area contributed by atoms with Gasteiger partial charge in [0.15, 0.2) is 0 Å². The third-order valence-electron chi connectivity index (χ3n) is 3.41. The average Bonchev–Trinajstić information content (AvgIpc) is 2.51. The summed E-state index contributed by atoms with van der Waals surface area (Å²) in [4.78, 5) is 12.1. The Morgan fingerprint density at radius 1 is 1.23 bits per heavy atom. The van der Waals surface area contributed by atoms with Crippen LogP contribution in [0.4, 0.5) is 4.39 Å². The van der Waals surface area contributed by atoms with Crippen molar-refractivity contribution in [2.45, 2.75) is 19.4 Å². The van der Waals surface area contributed by atoms with Crippen molar-refractivity contribution in [2.75, 3.05) is 6.61 Å². The van der Waals surface area contributed by atoms with Crippen LogP contribution in [0.15, 0.2) is 42.5 Å². The van der Waals surface area contributed by atoms with E-state index < -0.39 is 17.8 Å². The minimum absolute atomic E-state index is 0.156. The number of nitrogens with one attached hydrogen (secondary N) is 1. The van der Waals surface area contributed by atoms with Crippen molar-refractivity contribution in [1.29, 1.82) is 0 Å². The van der Waals surface area contributed by atoms with E-state index in [2.05, 4.69) is 5.32 Å². The minimum atomic E-state index is -0.485. The number of carbonyl (C=O) groups excluding carboxylic acids is 1. The van der Waals surface area contributed by atoms with E-state index in [0.717, 1.165) is 5.56 Å². The summed E-state index contributed by atoms with van der Waals surface area (Å²) in [7, 11) is 0. The third kappa shape index (κ3) is 4.05. The molecule has 116 valence electrons. The second-order valence-corrected chi connectivity index (χ2v) is 5.19. The Balaban J connectivity index is 2.04. The second-order valence-electron chi connectivity index (χ2n) is 5.19. The highest BCUT2D eigenvalue weighted by Crippen LogP contribution is 2.12. The summed E-state index contributed by atoms with van der Waals surface area (Å²) < 4.78 is 13.5. The molecule has 1 atom stereocenters. The van der Waals surface area contributed by atoms with Crippen LogP contribution in [0.5, 0.6) is 5.75 Å². The lowest BCUT2D eigenvalue weighted by molar-refractivity contribution is 0.0916. The number of halogens is 1. The van der Waals surface area contributed by atoms with E-state index in [0.29, 0.717) is 12.0 Å². The average molecular weight is 303 g/mol. The number of aryl methyl sites for hydroxylation is 1. The lowest BCUT2D eigenvalue weighted by atomic mass is 10.1. The van der Waals surface area contributed by atoms with Gasteiger partial charge in [-0.25, -0.2) is 4.39 Å². The van der Waals surface area contributed by atoms with Crippen molar-refractivity contribution in [1.82, 2.24) is 5.32 Å². The monoisotopic (exact) mass is 303 g/mol. The fraction of sp³-hybridized carbons (Fsp3) is 0.235. The van der Waals surface area contributed by atoms with Crippen LogP contribution in [0.25, 0.3) is 0 Å². The molecule has 0 saturated carbocycles. The molecule has 2 aromatic rings. The van der Waals surface area contributed by atoms with Gasteiger partial charge in [0.2, 0.25) is 0 Å². The Kier molecular flexibility index (Phi) is 5.12. The van der Waals surface area contributed by atoms with Crippen LogP contribution in [0.3, 0.4) is 0 Å². The van der Waals surface area contributed by atoms with Gasteiger partial charge in [-0.2, -0.15) is 0 Å². The molecule has 0 saturated heterocycles. The van der Waals surface area contributed by atoms with Crippen LogP contribution >= 0.6 is 0 Å². The Morgan fingerprint density at radius 2 is 1.91 bits per heavy atom. The smallest absolute Gasteiger partial charge is 0.251 e. The zero-order valence-corrected chi connectivity index (χ0v) is 12.2. The van der Waals surface area contributed by atoms with E-state index >= 15 is 0 Å². The molecule has 0 unspecified atom stereocenters. The molecule has 2 aromatic carbocycles. The second kappa shape index (κ2) is 7.04. The zero-order valence-electron chi connectivity index (χ0n) is 12.2. The molecule has 0 aliphatic heterocycles. The molecular formula is C17H18FNO3. The van der Waals surface area contributed by atoms with E-state index in [1.165, 1.54) is 12.1 Å². The number of amides is 1. The van der Waals surface area contributed by atoms with Gasteiger partial charge in [0.1, 0.15) is 11.6 Å². The maximum atomic E-state index is 13.5. The molecular weight excluding hydrogens is 285 g/mol. The molecule has 3 N–H and O–H groups in total. The number of phenolic OH excluding ortho intramolecular Hbond substituents is 1. The summed E-state index contributed by atoms with van der Waals surface area (Å²) in [6, 6.07) is 10.3. The van der Waals surface area contributed by atoms with Gasteiger partial charge >= 0.3 is 0 Å². The topological polar surface area (TPSA) is 69.6 Å². The molecule has 22 heavy (non-hydrogen) atoms. The number of benzene rings is 2. The van der Waals surface area contributed by atoms with E-state index in [1.54, 1.807) is 37.3 Å². The number of hydrogen-bond donors (Lipinski definition) is 3. The normalized spacial score (nSPS) is 12.0. The summed E-state index contributed by atoms with van der Waals surface area (Å²) in [6.07, 6.45) is 0.414. The summed E-state index contributed by atoms with van der Waals surface area (Å²) in [5, 5.41) is 21.3. The minimum Gasteiger partial charge on any atom is -0.508 e. The van der Waals surface area contributed by atoms with Gasteiger partial charge in [-0.3, -0.25) is 4.79 Å². The Bertz CT molecular complexity index is 655. The van der Waals surface area contributed by atoms with Gasteiger partial charge in [-0.1, -0.05) is 18.2 Å². The molecule has 0 fully saturated rings. The standard InChI is InChI=1S/C17H18FNO3/c1-11-2-5-13(9-16(11)18)17(22)19-14(10-20)8-12-3-6-15(21)7-4-12/h2-7,9,14,20-21H,8,10H2,1H3,(H,19,22)/t14-/m0/s1. The number of phenols is 1. The summed E-state index contributed by atoms with van der Waals surface area (Å²) in [6.45, 7) is 1.39. The quantitative estimate of drug-likeness (QED) is 0.793. The molecule has 0 radical (unpaired) electrons. The van der Waals surface area contributed by atoms with Gasteiger partial charge in [-0.15, -0.1) is 0 Å². The predicted molar refractivity (Wildman–Crippen MR) is 81.3 cm³/mol.